The number of aliphatic hydroxyl groups is 1. The second-order valence-electron chi connectivity index (χ2n) is 8.03. The summed E-state index contributed by atoms with van der Waals surface area (Å²) < 4.78 is 26.8. The number of nitrogens with two attached hydrogens (primary N) is 1. The molecule has 0 aliphatic heterocycles. The van der Waals surface area contributed by atoms with Crippen LogP contribution < -0.4 is 11.1 Å². The normalized spacial score (nSPS) is 13.9. The number of carbonyl (C=O) groups is 1. The van der Waals surface area contributed by atoms with Crippen molar-refractivity contribution in [2.75, 3.05) is 0 Å². The summed E-state index contributed by atoms with van der Waals surface area (Å²) in [5, 5.41) is 13.4. The van der Waals surface area contributed by atoms with Gasteiger partial charge in [0.15, 0.2) is 11.6 Å². The summed E-state index contributed by atoms with van der Waals surface area (Å²) in [5.41, 5.74) is 7.55. The number of halogens is 2. The molecule has 0 unspecified atom stereocenters. The molecule has 7 heteroatoms. The van der Waals surface area contributed by atoms with Gasteiger partial charge in [0.2, 0.25) is 0 Å². The third kappa shape index (κ3) is 5.81. The molecule has 0 aliphatic carbocycles. The number of benzene rings is 1. The molecular formula is C21H27F2N3O2. The Morgan fingerprint density at radius 1 is 1.25 bits per heavy atom. The van der Waals surface area contributed by atoms with Gasteiger partial charge in [-0.25, -0.2) is 8.78 Å². The molecule has 4 N–H and O–H groups in total. The third-order valence-corrected chi connectivity index (χ3v) is 4.35. The van der Waals surface area contributed by atoms with Crippen molar-refractivity contribution in [3.05, 3.63) is 64.5 Å². The molecule has 28 heavy (non-hydrogen) atoms. The number of nitrogens with zero attached hydrogens (tertiary/aromatic N) is 1. The molecule has 1 aromatic carbocycles. The lowest BCUT2D eigenvalue weighted by Crippen LogP contribution is -2.42. The summed E-state index contributed by atoms with van der Waals surface area (Å²) >= 11 is 0. The van der Waals surface area contributed by atoms with Crippen LogP contribution in [0.25, 0.3) is 0 Å². The van der Waals surface area contributed by atoms with Crippen LogP contribution >= 0.6 is 0 Å². The summed E-state index contributed by atoms with van der Waals surface area (Å²) in [7, 11) is 0. The van der Waals surface area contributed by atoms with Crippen molar-refractivity contribution in [1.82, 2.24) is 10.3 Å². The van der Waals surface area contributed by atoms with Gasteiger partial charge >= 0.3 is 0 Å². The minimum atomic E-state index is -1.01. The van der Waals surface area contributed by atoms with Crippen molar-refractivity contribution in [3.63, 3.8) is 0 Å². The maximum atomic E-state index is 13.5. The Bertz CT molecular complexity index is 850. The summed E-state index contributed by atoms with van der Waals surface area (Å²) in [6.45, 7) is 7.27. The van der Waals surface area contributed by atoms with Crippen molar-refractivity contribution in [1.29, 1.82) is 0 Å². The fraction of sp³-hybridized carbons (Fsp3) is 0.429. The van der Waals surface area contributed by atoms with Gasteiger partial charge in [-0.15, -0.1) is 0 Å². The summed E-state index contributed by atoms with van der Waals surface area (Å²) in [6, 6.07) is 4.76. The molecule has 1 amide bonds. The van der Waals surface area contributed by atoms with E-state index < -0.39 is 29.3 Å². The quantitative estimate of drug-likeness (QED) is 0.706. The average Bonchev–Trinajstić information content (AvgIpc) is 2.58. The van der Waals surface area contributed by atoms with Crippen LogP contribution in [0.4, 0.5) is 8.78 Å². The molecule has 0 radical (unpaired) electrons. The van der Waals surface area contributed by atoms with Gasteiger partial charge in [-0.05, 0) is 69.5 Å². The van der Waals surface area contributed by atoms with E-state index in [-0.39, 0.29) is 18.7 Å². The fourth-order valence-corrected chi connectivity index (χ4v) is 2.86. The van der Waals surface area contributed by atoms with Crippen molar-refractivity contribution in [2.24, 2.45) is 5.73 Å². The third-order valence-electron chi connectivity index (χ3n) is 4.35. The zero-order chi connectivity index (χ0) is 21.1. The molecule has 2 atom stereocenters. The zero-order valence-corrected chi connectivity index (χ0v) is 16.6. The Kier molecular flexibility index (Phi) is 6.85. The molecule has 0 saturated carbocycles. The Labute approximate surface area is 164 Å². The molecule has 1 aromatic heterocycles. The predicted molar refractivity (Wildman–Crippen MR) is 104 cm³/mol. The smallest absolute Gasteiger partial charge is 0.253 e. The van der Waals surface area contributed by atoms with Gasteiger partial charge in [-0.3, -0.25) is 9.78 Å². The molecule has 0 saturated heterocycles. The van der Waals surface area contributed by atoms with Crippen LogP contribution in [0, 0.1) is 18.6 Å². The highest BCUT2D eigenvalue weighted by molar-refractivity contribution is 5.95. The lowest BCUT2D eigenvalue weighted by Gasteiger charge is -2.23. The second-order valence-corrected chi connectivity index (χ2v) is 8.03. The molecule has 2 aromatic rings. The molecular weight excluding hydrogens is 364 g/mol. The van der Waals surface area contributed by atoms with Gasteiger partial charge in [-0.1, -0.05) is 0 Å². The molecule has 1 heterocycles. The number of rotatable bonds is 6. The molecule has 0 spiro atoms. The minimum absolute atomic E-state index is 0.0671. The van der Waals surface area contributed by atoms with Crippen LogP contribution in [0.3, 0.4) is 0 Å². The predicted octanol–water partition coefficient (Wildman–Crippen LogP) is 2.67. The highest BCUT2D eigenvalue weighted by atomic mass is 19.2. The Morgan fingerprint density at radius 3 is 2.54 bits per heavy atom. The molecule has 152 valence electrons. The zero-order valence-electron chi connectivity index (χ0n) is 16.6. The molecule has 0 aliphatic rings. The number of aryl methyl sites for hydroxylation is 1. The number of nitrogens with one attached hydrogen (secondary N) is 1. The summed E-state index contributed by atoms with van der Waals surface area (Å²) in [5.74, 6) is -2.15. The number of aliphatic hydroxyl groups excluding tert-OH is 1. The van der Waals surface area contributed by atoms with Crippen LogP contribution in [0.1, 0.15) is 48.0 Å². The Hall–Kier alpha value is -2.38. The molecule has 2 rings (SSSR count). The molecule has 0 fully saturated rings. The highest BCUT2D eigenvalue weighted by Crippen LogP contribution is 2.18. The van der Waals surface area contributed by atoms with Crippen LogP contribution in [0.5, 0.6) is 0 Å². The first-order valence-corrected chi connectivity index (χ1v) is 9.12. The van der Waals surface area contributed by atoms with E-state index in [1.165, 1.54) is 0 Å². The standard InChI is InChI=1S/C21H27F2N3O2/c1-12-8-15(22)16(23)9-13(12)10-17(24)19(27)11-18-14(6-5-7-25-18)20(28)26-21(2,3)4/h5-9,17,19,27H,10-11,24H2,1-4H3,(H,26,28)/t17-,19+/m1/s1. The van der Waals surface area contributed by atoms with E-state index in [9.17, 15) is 18.7 Å². The number of amides is 1. The van der Waals surface area contributed by atoms with Crippen LogP contribution in [0.15, 0.2) is 30.5 Å². The van der Waals surface area contributed by atoms with Crippen molar-refractivity contribution in [2.45, 2.75) is 58.2 Å². The van der Waals surface area contributed by atoms with E-state index in [1.54, 1.807) is 25.3 Å². The first-order chi connectivity index (χ1) is 13.0. The maximum absolute atomic E-state index is 13.5. The summed E-state index contributed by atoms with van der Waals surface area (Å²) in [4.78, 5) is 16.7. The van der Waals surface area contributed by atoms with E-state index in [2.05, 4.69) is 10.3 Å². The minimum Gasteiger partial charge on any atom is -0.391 e. The number of hydrogen-bond acceptors (Lipinski definition) is 4. The van der Waals surface area contributed by atoms with Gasteiger partial charge in [-0.2, -0.15) is 0 Å². The van der Waals surface area contributed by atoms with E-state index in [0.29, 0.717) is 22.4 Å². The van der Waals surface area contributed by atoms with Gasteiger partial charge in [0.05, 0.1) is 17.4 Å². The van der Waals surface area contributed by atoms with Crippen LogP contribution in [-0.4, -0.2) is 33.7 Å². The second kappa shape index (κ2) is 8.75. The Morgan fingerprint density at radius 2 is 1.89 bits per heavy atom. The van der Waals surface area contributed by atoms with E-state index in [4.69, 9.17) is 5.73 Å². The van der Waals surface area contributed by atoms with E-state index in [0.717, 1.165) is 12.1 Å². The van der Waals surface area contributed by atoms with Crippen molar-refractivity contribution in [3.8, 4) is 0 Å². The van der Waals surface area contributed by atoms with Crippen LogP contribution in [0.2, 0.25) is 0 Å². The topological polar surface area (TPSA) is 88.2 Å². The van der Waals surface area contributed by atoms with Crippen LogP contribution in [-0.2, 0) is 12.8 Å². The average molecular weight is 391 g/mol. The van der Waals surface area contributed by atoms with Gasteiger partial charge in [0.25, 0.3) is 5.91 Å². The van der Waals surface area contributed by atoms with Crippen molar-refractivity contribution >= 4 is 5.91 Å². The van der Waals surface area contributed by atoms with E-state index >= 15 is 0 Å². The lowest BCUT2D eigenvalue weighted by atomic mass is 9.95. The van der Waals surface area contributed by atoms with Gasteiger partial charge in [0, 0.05) is 24.2 Å². The number of carbonyl (C=O) groups excluding carboxylic acids is 1. The van der Waals surface area contributed by atoms with Gasteiger partial charge < -0.3 is 16.2 Å². The van der Waals surface area contributed by atoms with Gasteiger partial charge in [0.1, 0.15) is 0 Å². The summed E-state index contributed by atoms with van der Waals surface area (Å²) in [6.07, 6.45) is 0.766. The molecule has 5 nitrogen and oxygen atoms in total. The SMILES string of the molecule is Cc1cc(F)c(F)cc1C[C@@H](N)[C@@H](O)Cc1ncccc1C(=O)NC(C)(C)C. The number of aromatic nitrogens is 1. The maximum Gasteiger partial charge on any atom is 0.253 e. The monoisotopic (exact) mass is 391 g/mol. The number of pyridine rings is 1. The first-order valence-electron chi connectivity index (χ1n) is 9.12. The largest absolute Gasteiger partial charge is 0.391 e. The Balaban J connectivity index is 2.13. The number of hydrogen-bond donors (Lipinski definition) is 3. The first kappa shape index (κ1) is 21.9. The molecule has 0 bridgehead atoms. The van der Waals surface area contributed by atoms with Crippen molar-refractivity contribution < 1.29 is 18.7 Å². The lowest BCUT2D eigenvalue weighted by molar-refractivity contribution is 0.0916. The fourth-order valence-electron chi connectivity index (χ4n) is 2.86. The van der Waals surface area contributed by atoms with E-state index in [1.807, 2.05) is 20.8 Å². The highest BCUT2D eigenvalue weighted by Gasteiger charge is 2.23.